The van der Waals surface area contributed by atoms with Crippen LogP contribution in [-0.2, 0) is 0 Å². The third-order valence-electron chi connectivity index (χ3n) is 6.09. The van der Waals surface area contributed by atoms with Crippen LogP contribution in [0.15, 0.2) is 54.9 Å². The molecule has 0 aliphatic carbocycles. The number of aromatic nitrogens is 4. The molecule has 0 amide bonds. The van der Waals surface area contributed by atoms with Gasteiger partial charge in [0.25, 0.3) is 0 Å². The molecule has 0 aliphatic heterocycles. The molecule has 34 heavy (non-hydrogen) atoms. The van der Waals surface area contributed by atoms with Crippen LogP contribution < -0.4 is 10.6 Å². The van der Waals surface area contributed by atoms with Crippen LogP contribution in [0.25, 0.3) is 43.9 Å². The summed E-state index contributed by atoms with van der Waals surface area (Å²) in [4.78, 5) is 19.1. The van der Waals surface area contributed by atoms with Crippen LogP contribution in [0.4, 0.5) is 5.69 Å². The van der Waals surface area contributed by atoms with E-state index in [4.69, 9.17) is 22.2 Å². The van der Waals surface area contributed by atoms with Gasteiger partial charge < -0.3 is 10.6 Å². The zero-order valence-electron chi connectivity index (χ0n) is 19.3. The lowest BCUT2D eigenvalue weighted by atomic mass is 10.1. The fraction of sp³-hybridized carbons (Fsp3) is 0.296. The van der Waals surface area contributed by atoms with Crippen LogP contribution in [0.2, 0.25) is 0 Å². The summed E-state index contributed by atoms with van der Waals surface area (Å²) < 4.78 is 0. The van der Waals surface area contributed by atoms with Crippen LogP contribution >= 0.6 is 12.2 Å². The lowest BCUT2D eigenvalue weighted by Crippen LogP contribution is -2.29. The topological polar surface area (TPSA) is 75.6 Å². The molecule has 3 aromatic heterocycles. The molecule has 3 heterocycles. The van der Waals surface area contributed by atoms with Gasteiger partial charge in [-0.15, -0.1) is 0 Å². The van der Waals surface area contributed by atoms with Crippen LogP contribution in [0, 0.1) is 0 Å². The Balaban J connectivity index is 1.39. The number of fused-ring (bicyclic) bond motifs is 7. The highest BCUT2D eigenvalue weighted by molar-refractivity contribution is 7.80. The molecule has 0 atom stereocenters. The molecule has 0 bridgehead atoms. The Bertz CT molecular complexity index is 1480. The van der Waals surface area contributed by atoms with E-state index >= 15 is 0 Å². The number of nitrogens with zero attached hydrogens (tertiary/aromatic N) is 4. The lowest BCUT2D eigenvalue weighted by molar-refractivity contribution is 0.603. The summed E-state index contributed by atoms with van der Waals surface area (Å²) in [5.74, 6) is 0. The third kappa shape index (κ3) is 4.61. The first-order valence-corrected chi connectivity index (χ1v) is 12.4. The van der Waals surface area contributed by atoms with Crippen molar-refractivity contribution in [1.82, 2.24) is 25.3 Å². The van der Waals surface area contributed by atoms with Crippen LogP contribution in [0.3, 0.4) is 0 Å². The first-order valence-electron chi connectivity index (χ1n) is 12.0. The van der Waals surface area contributed by atoms with Gasteiger partial charge >= 0.3 is 0 Å². The van der Waals surface area contributed by atoms with E-state index in [1.807, 2.05) is 42.5 Å². The summed E-state index contributed by atoms with van der Waals surface area (Å²) in [6.45, 7) is 3.13. The van der Waals surface area contributed by atoms with Crippen molar-refractivity contribution in [2.24, 2.45) is 0 Å². The number of benzene rings is 2. The molecule has 0 saturated heterocycles. The second kappa shape index (κ2) is 10.2. The molecule has 0 fully saturated rings. The van der Waals surface area contributed by atoms with Crippen LogP contribution in [0.5, 0.6) is 0 Å². The highest BCUT2D eigenvalue weighted by Gasteiger charge is 2.13. The van der Waals surface area contributed by atoms with E-state index in [2.05, 4.69) is 27.5 Å². The number of hydrogen-bond acceptors (Lipinski definition) is 5. The van der Waals surface area contributed by atoms with Gasteiger partial charge in [-0.1, -0.05) is 39.0 Å². The summed E-state index contributed by atoms with van der Waals surface area (Å²) in [6.07, 6.45) is 11.2. The molecule has 6 nitrogen and oxygen atoms in total. The van der Waals surface area contributed by atoms with E-state index in [-0.39, 0.29) is 0 Å². The maximum atomic E-state index is 5.50. The molecule has 0 aliphatic rings. The highest BCUT2D eigenvalue weighted by atomic mass is 32.1. The molecule has 2 aromatic carbocycles. The van der Waals surface area contributed by atoms with Gasteiger partial charge in [0.05, 0.1) is 33.1 Å². The number of thiocarbonyl (C=S) groups is 1. The van der Waals surface area contributed by atoms with Crippen molar-refractivity contribution in [1.29, 1.82) is 0 Å². The first-order chi connectivity index (χ1) is 16.7. The van der Waals surface area contributed by atoms with Gasteiger partial charge in [-0.2, -0.15) is 0 Å². The molecule has 0 saturated carbocycles. The Kier molecular flexibility index (Phi) is 6.72. The number of pyridine rings is 2. The number of rotatable bonds is 8. The van der Waals surface area contributed by atoms with Gasteiger partial charge in [-0.3, -0.25) is 9.97 Å². The maximum Gasteiger partial charge on any atom is 0.170 e. The second-order valence-corrected chi connectivity index (χ2v) is 8.98. The van der Waals surface area contributed by atoms with Gasteiger partial charge in [0.15, 0.2) is 5.11 Å². The van der Waals surface area contributed by atoms with Crippen molar-refractivity contribution >= 4 is 66.9 Å². The number of anilines is 1. The molecule has 2 N–H and O–H groups in total. The van der Waals surface area contributed by atoms with Gasteiger partial charge in [0, 0.05) is 35.4 Å². The molecule has 172 valence electrons. The predicted octanol–water partition coefficient (Wildman–Crippen LogP) is 6.53. The Labute approximate surface area is 204 Å². The minimum Gasteiger partial charge on any atom is -0.362 e. The standard InChI is InChI=1S/C27H28N6S/c1-2-3-4-5-6-7-14-30-27(34)31-18-12-13-21-22(17-18)33-26-20-11-9-16-29-24(20)23-19(25(26)32-21)10-8-15-28-23/h8-13,15-17H,2-7,14H2,1H3,(H2,30,31,34). The van der Waals surface area contributed by atoms with Crippen LogP contribution in [-0.4, -0.2) is 31.6 Å². The third-order valence-corrected chi connectivity index (χ3v) is 6.33. The van der Waals surface area contributed by atoms with Gasteiger partial charge in [-0.25, -0.2) is 9.97 Å². The van der Waals surface area contributed by atoms with Gasteiger partial charge in [0.2, 0.25) is 0 Å². The van der Waals surface area contributed by atoms with Gasteiger partial charge in [-0.05, 0) is 61.1 Å². The maximum absolute atomic E-state index is 5.50. The van der Waals surface area contributed by atoms with E-state index in [0.29, 0.717) is 5.11 Å². The summed E-state index contributed by atoms with van der Waals surface area (Å²) >= 11 is 5.50. The van der Waals surface area contributed by atoms with E-state index < -0.39 is 0 Å². The average molecular weight is 469 g/mol. The molecular formula is C27H28N6S. The van der Waals surface area contributed by atoms with Crippen LogP contribution in [0.1, 0.15) is 45.4 Å². The summed E-state index contributed by atoms with van der Waals surface area (Å²) in [6, 6.07) is 13.9. The van der Waals surface area contributed by atoms with E-state index in [9.17, 15) is 0 Å². The first kappa shape index (κ1) is 22.3. The minimum absolute atomic E-state index is 0.633. The monoisotopic (exact) mass is 468 g/mol. The molecule has 0 unspecified atom stereocenters. The molecule has 7 heteroatoms. The van der Waals surface area contributed by atoms with Gasteiger partial charge in [0.1, 0.15) is 0 Å². The minimum atomic E-state index is 0.633. The quantitative estimate of drug-likeness (QED) is 0.116. The molecular weight excluding hydrogens is 440 g/mol. The smallest absolute Gasteiger partial charge is 0.170 e. The number of unbranched alkanes of at least 4 members (excludes halogenated alkanes) is 5. The molecule has 5 rings (SSSR count). The van der Waals surface area contributed by atoms with Crippen molar-refractivity contribution in [3.63, 3.8) is 0 Å². The number of nitrogens with one attached hydrogen (secondary N) is 2. The highest BCUT2D eigenvalue weighted by Crippen LogP contribution is 2.32. The fourth-order valence-electron chi connectivity index (χ4n) is 4.36. The Morgan fingerprint density at radius 3 is 2.12 bits per heavy atom. The summed E-state index contributed by atoms with van der Waals surface area (Å²) in [7, 11) is 0. The molecule has 0 radical (unpaired) electrons. The van der Waals surface area contributed by atoms with Crippen molar-refractivity contribution in [2.75, 3.05) is 11.9 Å². The van der Waals surface area contributed by atoms with Crippen molar-refractivity contribution in [2.45, 2.75) is 45.4 Å². The largest absolute Gasteiger partial charge is 0.362 e. The Morgan fingerprint density at radius 1 is 0.765 bits per heavy atom. The summed E-state index contributed by atoms with van der Waals surface area (Å²) in [5, 5.41) is 9.15. The van der Waals surface area contributed by atoms with E-state index in [1.165, 1.54) is 32.1 Å². The molecule has 0 spiro atoms. The Hall–Kier alpha value is -3.45. The Morgan fingerprint density at radius 2 is 1.41 bits per heavy atom. The zero-order valence-corrected chi connectivity index (χ0v) is 20.2. The number of hydrogen-bond donors (Lipinski definition) is 2. The van der Waals surface area contributed by atoms with E-state index in [0.717, 1.165) is 62.5 Å². The van der Waals surface area contributed by atoms with Crippen molar-refractivity contribution < 1.29 is 0 Å². The predicted molar refractivity (Wildman–Crippen MR) is 145 cm³/mol. The average Bonchev–Trinajstić information content (AvgIpc) is 2.87. The zero-order chi connectivity index (χ0) is 23.3. The molecule has 5 aromatic rings. The summed E-state index contributed by atoms with van der Waals surface area (Å²) in [5.41, 5.74) is 5.89. The normalized spacial score (nSPS) is 11.4. The second-order valence-electron chi connectivity index (χ2n) is 8.57. The lowest BCUT2D eigenvalue weighted by Gasteiger charge is -2.12. The van der Waals surface area contributed by atoms with Crippen molar-refractivity contribution in [3.8, 4) is 0 Å². The van der Waals surface area contributed by atoms with Crippen molar-refractivity contribution in [3.05, 3.63) is 54.9 Å². The fourth-order valence-corrected chi connectivity index (χ4v) is 4.58. The SMILES string of the molecule is CCCCCCCCNC(=S)Nc1ccc2nc3c4cccnc4c4ncccc4c3nc2c1. The van der Waals surface area contributed by atoms with E-state index in [1.54, 1.807) is 12.4 Å².